The van der Waals surface area contributed by atoms with Gasteiger partial charge in [0.2, 0.25) is 12.1 Å². The molecule has 6 atom stereocenters. The average molecular weight is 684 g/mol. The van der Waals surface area contributed by atoms with Gasteiger partial charge in [-0.2, -0.15) is 8.62 Å². The summed E-state index contributed by atoms with van der Waals surface area (Å²) in [6.07, 6.45) is -1.57. The number of benzene rings is 1. The molecule has 2 heterocycles. The van der Waals surface area contributed by atoms with Crippen molar-refractivity contribution in [2.24, 2.45) is 5.73 Å². The van der Waals surface area contributed by atoms with E-state index < -0.39 is 71.1 Å². The lowest BCUT2D eigenvalue weighted by Gasteiger charge is -2.17. The molecular formula is C21H27N4O16P3. The standard InChI is InChI=1S/C21H27N4O16P3/c22-16(8-13-3-1-5-15(7-13)39-43(34,35)41-44(36,37)40-42(31,32)33)21(28)23-6-2-4-14-9-19(25(29)30)24(11-14)20-10-17(27)18(12-26)38-20/h1,3,5,7,9,11,16-18,20,26-27H,6,8,10,12,22H2,(H,23,28)(H,34,35)(H,36,37)(H2,31,32,33)/t16-,17-,18+,20+/m0/s1. The molecule has 0 aliphatic carbocycles. The maximum atomic E-state index is 12.4. The number of amides is 1. The molecule has 1 amide bonds. The van der Waals surface area contributed by atoms with Gasteiger partial charge in [0, 0.05) is 6.42 Å². The molecule has 1 aliphatic heterocycles. The molecule has 1 saturated heterocycles. The summed E-state index contributed by atoms with van der Waals surface area (Å²) in [5.74, 6) is 3.86. The van der Waals surface area contributed by atoms with Gasteiger partial charge in [-0.15, -0.1) is 0 Å². The van der Waals surface area contributed by atoms with Crippen LogP contribution in [0.25, 0.3) is 0 Å². The van der Waals surface area contributed by atoms with Crippen molar-refractivity contribution in [3.8, 4) is 17.6 Å². The van der Waals surface area contributed by atoms with E-state index in [1.807, 2.05) is 0 Å². The van der Waals surface area contributed by atoms with Gasteiger partial charge in [0.05, 0.1) is 36.9 Å². The van der Waals surface area contributed by atoms with Crippen molar-refractivity contribution in [2.45, 2.75) is 37.3 Å². The van der Waals surface area contributed by atoms with Gasteiger partial charge >= 0.3 is 29.3 Å². The molecule has 3 rings (SSSR count). The van der Waals surface area contributed by atoms with Crippen LogP contribution in [0.4, 0.5) is 5.82 Å². The van der Waals surface area contributed by atoms with E-state index in [1.54, 1.807) is 0 Å². The summed E-state index contributed by atoms with van der Waals surface area (Å²) in [6.45, 7) is -0.669. The smallest absolute Gasteiger partial charge is 0.404 e. The molecule has 242 valence electrons. The van der Waals surface area contributed by atoms with E-state index in [4.69, 9.17) is 20.3 Å². The van der Waals surface area contributed by atoms with Crippen molar-refractivity contribution < 1.29 is 71.1 Å². The molecule has 1 fully saturated rings. The second-order valence-electron chi connectivity index (χ2n) is 9.03. The molecular weight excluding hydrogens is 657 g/mol. The number of hydrogen-bond donors (Lipinski definition) is 8. The van der Waals surface area contributed by atoms with E-state index >= 15 is 0 Å². The number of aliphatic hydroxyl groups excluding tert-OH is 2. The first-order valence-electron chi connectivity index (χ1n) is 12.1. The van der Waals surface area contributed by atoms with Crippen LogP contribution in [0.15, 0.2) is 36.5 Å². The highest BCUT2D eigenvalue weighted by Gasteiger charge is 2.42. The Bertz CT molecular complexity index is 1580. The number of phosphoric acid groups is 3. The number of carbonyl (C=O) groups excluding carboxylic acids is 1. The van der Waals surface area contributed by atoms with Gasteiger partial charge in [0.25, 0.3) is 0 Å². The fourth-order valence-corrected chi connectivity index (χ4v) is 6.90. The number of carbonyl (C=O) groups is 1. The summed E-state index contributed by atoms with van der Waals surface area (Å²) in [4.78, 5) is 59.3. The summed E-state index contributed by atoms with van der Waals surface area (Å²) in [7, 11) is -16.7. The van der Waals surface area contributed by atoms with Crippen LogP contribution in [0, 0.1) is 22.0 Å². The van der Waals surface area contributed by atoms with Crippen molar-refractivity contribution in [3.05, 3.63) is 57.8 Å². The molecule has 0 saturated carbocycles. The quantitative estimate of drug-likeness (QED) is 0.0585. The van der Waals surface area contributed by atoms with Crippen LogP contribution in [0.5, 0.6) is 5.75 Å². The van der Waals surface area contributed by atoms with Gasteiger partial charge in [0.1, 0.15) is 18.1 Å². The summed E-state index contributed by atoms with van der Waals surface area (Å²) in [5.41, 5.74) is 6.42. The number of ether oxygens (including phenoxy) is 1. The number of aromatic nitrogens is 1. The molecule has 2 unspecified atom stereocenters. The second-order valence-corrected chi connectivity index (χ2v) is 13.4. The number of nitrogens with one attached hydrogen (secondary N) is 1. The van der Waals surface area contributed by atoms with Gasteiger partial charge < -0.3 is 55.3 Å². The minimum absolute atomic E-state index is 0.0166. The minimum Gasteiger partial charge on any atom is -0.404 e. The van der Waals surface area contributed by atoms with E-state index in [0.29, 0.717) is 5.56 Å². The Kier molecular flexibility index (Phi) is 11.6. The molecule has 9 N–H and O–H groups in total. The third-order valence-electron chi connectivity index (χ3n) is 5.62. The molecule has 0 radical (unpaired) electrons. The third-order valence-corrected chi connectivity index (χ3v) is 9.39. The number of nitrogens with two attached hydrogens (primary N) is 1. The first kappa shape index (κ1) is 35.5. The number of phosphoric ester groups is 1. The lowest BCUT2D eigenvalue weighted by Crippen LogP contribution is -2.42. The molecule has 1 aromatic carbocycles. The number of nitro groups is 1. The van der Waals surface area contributed by atoms with Crippen LogP contribution in [-0.2, 0) is 38.3 Å². The van der Waals surface area contributed by atoms with Crippen LogP contribution >= 0.6 is 23.5 Å². The molecule has 1 aliphatic rings. The predicted molar refractivity (Wildman–Crippen MR) is 145 cm³/mol. The zero-order valence-electron chi connectivity index (χ0n) is 22.2. The van der Waals surface area contributed by atoms with Gasteiger partial charge in [-0.05, 0) is 29.0 Å². The summed E-state index contributed by atoms with van der Waals surface area (Å²) >= 11 is 0. The summed E-state index contributed by atoms with van der Waals surface area (Å²) in [6, 6.07) is 5.07. The fourth-order valence-electron chi connectivity index (χ4n) is 3.88. The van der Waals surface area contributed by atoms with Crippen molar-refractivity contribution >= 4 is 35.2 Å². The monoisotopic (exact) mass is 684 g/mol. The Hall–Kier alpha value is -2.98. The van der Waals surface area contributed by atoms with Crippen molar-refractivity contribution in [1.29, 1.82) is 0 Å². The molecule has 20 nitrogen and oxygen atoms in total. The van der Waals surface area contributed by atoms with Crippen molar-refractivity contribution in [2.75, 3.05) is 13.2 Å². The minimum atomic E-state index is -5.71. The number of nitrogens with zero attached hydrogens (tertiary/aromatic N) is 2. The summed E-state index contributed by atoms with van der Waals surface area (Å²) < 4.78 is 52.8. The maximum Gasteiger partial charge on any atom is 0.536 e. The van der Waals surface area contributed by atoms with Gasteiger partial charge in [-0.3, -0.25) is 9.69 Å². The van der Waals surface area contributed by atoms with E-state index in [0.717, 1.165) is 12.1 Å². The van der Waals surface area contributed by atoms with Gasteiger partial charge in [-0.1, -0.05) is 24.0 Å². The van der Waals surface area contributed by atoms with E-state index in [1.165, 1.54) is 29.0 Å². The Morgan fingerprint density at radius 3 is 2.52 bits per heavy atom. The van der Waals surface area contributed by atoms with Gasteiger partial charge in [-0.25, -0.2) is 18.3 Å². The SMILES string of the molecule is N[C@@H](Cc1cccc(OP(=O)(O)OP(=O)(O)OP(=O)(O)O)c1)C(=O)NCC#Cc1cc([N+](=O)[O-])n([C@H]2C[C@H](O)[C@@H](CO)O2)c1. The Morgan fingerprint density at radius 2 is 1.91 bits per heavy atom. The van der Waals surface area contributed by atoms with Crippen LogP contribution in [0.3, 0.4) is 0 Å². The van der Waals surface area contributed by atoms with Crippen LogP contribution in [-0.4, -0.2) is 76.6 Å². The highest BCUT2D eigenvalue weighted by atomic mass is 31.3. The molecule has 1 aromatic heterocycles. The zero-order chi connectivity index (χ0) is 32.9. The lowest BCUT2D eigenvalue weighted by atomic mass is 10.1. The zero-order valence-corrected chi connectivity index (χ0v) is 24.9. The van der Waals surface area contributed by atoms with Crippen molar-refractivity contribution in [3.63, 3.8) is 0 Å². The number of aliphatic hydroxyl groups is 2. The van der Waals surface area contributed by atoms with Crippen molar-refractivity contribution in [1.82, 2.24) is 9.88 Å². The lowest BCUT2D eigenvalue weighted by molar-refractivity contribution is -0.393. The normalized spacial score (nSPS) is 21.8. The molecule has 0 spiro atoms. The van der Waals surface area contributed by atoms with Gasteiger partial charge in [0.15, 0.2) is 0 Å². The highest BCUT2D eigenvalue weighted by Crippen LogP contribution is 2.66. The second kappa shape index (κ2) is 14.4. The highest BCUT2D eigenvalue weighted by molar-refractivity contribution is 7.66. The number of rotatable bonds is 13. The maximum absolute atomic E-state index is 12.4. The molecule has 44 heavy (non-hydrogen) atoms. The topological polar surface area (TPSA) is 313 Å². The van der Waals surface area contributed by atoms with Crippen LogP contribution in [0.2, 0.25) is 0 Å². The first-order valence-corrected chi connectivity index (χ1v) is 16.7. The van der Waals surface area contributed by atoms with E-state index in [-0.39, 0.29) is 30.8 Å². The Balaban J connectivity index is 1.56. The predicted octanol–water partition coefficient (Wildman–Crippen LogP) is -0.220. The molecule has 23 heteroatoms. The van der Waals surface area contributed by atoms with E-state index in [2.05, 4.69) is 30.3 Å². The third kappa shape index (κ3) is 10.6. The number of hydrogen-bond acceptors (Lipinski definition) is 13. The van der Waals surface area contributed by atoms with Crippen LogP contribution < -0.4 is 15.6 Å². The van der Waals surface area contributed by atoms with Crippen LogP contribution in [0.1, 0.15) is 23.8 Å². The van der Waals surface area contributed by atoms with E-state index in [9.17, 15) is 48.6 Å². The molecule has 0 bridgehead atoms. The Labute approximate surface area is 247 Å². The first-order chi connectivity index (χ1) is 20.4. The summed E-state index contributed by atoms with van der Waals surface area (Å²) in [5, 5.41) is 33.1. The average Bonchev–Trinajstić information content (AvgIpc) is 3.47. The fraction of sp³-hybridized carbons (Fsp3) is 0.381. The largest absolute Gasteiger partial charge is 0.536 e. The molecule has 2 aromatic rings. The Morgan fingerprint density at radius 1 is 1.20 bits per heavy atom.